The molecule has 0 spiro atoms. The fraction of sp³-hybridized carbons (Fsp3) is 0.500. The quantitative estimate of drug-likeness (QED) is 0.652. The third-order valence-corrected chi connectivity index (χ3v) is 5.25. The van der Waals surface area contributed by atoms with Gasteiger partial charge in [-0.2, -0.15) is 0 Å². The van der Waals surface area contributed by atoms with Crippen LogP contribution >= 0.6 is 23.1 Å². The van der Waals surface area contributed by atoms with Crippen molar-refractivity contribution in [2.75, 3.05) is 5.75 Å². The average Bonchev–Trinajstić information content (AvgIpc) is 2.88. The van der Waals surface area contributed by atoms with Crippen molar-refractivity contribution in [3.63, 3.8) is 0 Å². The van der Waals surface area contributed by atoms with Crippen LogP contribution in [0.5, 0.6) is 0 Å². The molecule has 0 bridgehead atoms. The van der Waals surface area contributed by atoms with E-state index in [0.717, 1.165) is 18.2 Å². The molecule has 0 radical (unpaired) electrons. The molecule has 2 aromatic rings. The average molecular weight is 326 g/mol. The molecule has 1 N–H and O–H groups in total. The normalized spacial score (nSPS) is 12.0. The van der Waals surface area contributed by atoms with Gasteiger partial charge in [-0.1, -0.05) is 32.5 Å². The first-order valence-electron chi connectivity index (χ1n) is 6.66. The van der Waals surface area contributed by atoms with E-state index in [1.807, 2.05) is 5.38 Å². The second kappa shape index (κ2) is 6.19. The lowest BCUT2D eigenvalue weighted by molar-refractivity contribution is -0.133. The van der Waals surface area contributed by atoms with Gasteiger partial charge in [-0.25, -0.2) is 4.98 Å². The molecule has 21 heavy (non-hydrogen) atoms. The van der Waals surface area contributed by atoms with E-state index < -0.39 is 5.97 Å². The van der Waals surface area contributed by atoms with Gasteiger partial charge in [0, 0.05) is 6.54 Å². The molecule has 0 fully saturated rings. The highest BCUT2D eigenvalue weighted by Gasteiger charge is 2.21. The molecule has 0 aliphatic carbocycles. The molecule has 0 saturated carbocycles. The molecule has 0 amide bonds. The number of carboxylic acid groups (broad SMARTS) is 1. The first kappa shape index (κ1) is 16.0. The molecular weight excluding hydrogens is 308 g/mol. The SMILES string of the molecule is CCC(C)(C)Cn1c(SCC(=O)O)nc2ccsc2c1=O. The zero-order chi connectivity index (χ0) is 15.6. The minimum atomic E-state index is -0.916. The third-order valence-electron chi connectivity index (χ3n) is 3.40. The molecule has 114 valence electrons. The smallest absolute Gasteiger partial charge is 0.313 e. The molecule has 7 heteroatoms. The van der Waals surface area contributed by atoms with Gasteiger partial charge in [-0.15, -0.1) is 11.3 Å². The summed E-state index contributed by atoms with van der Waals surface area (Å²) in [6.07, 6.45) is 0.922. The van der Waals surface area contributed by atoms with E-state index in [1.54, 1.807) is 10.6 Å². The topological polar surface area (TPSA) is 72.2 Å². The molecule has 0 unspecified atom stereocenters. The van der Waals surface area contributed by atoms with Crippen LogP contribution in [0.1, 0.15) is 27.2 Å². The van der Waals surface area contributed by atoms with Crippen LogP contribution in [-0.2, 0) is 11.3 Å². The van der Waals surface area contributed by atoms with Gasteiger partial charge in [0.05, 0.1) is 11.3 Å². The van der Waals surface area contributed by atoms with Gasteiger partial charge in [-0.3, -0.25) is 14.2 Å². The van der Waals surface area contributed by atoms with Crippen molar-refractivity contribution >= 4 is 39.3 Å². The van der Waals surface area contributed by atoms with Crippen LogP contribution in [0.4, 0.5) is 0 Å². The number of hydrogen-bond acceptors (Lipinski definition) is 5. The van der Waals surface area contributed by atoms with Gasteiger partial charge >= 0.3 is 5.97 Å². The van der Waals surface area contributed by atoms with Crippen molar-refractivity contribution in [1.29, 1.82) is 0 Å². The Kier molecular flexibility index (Phi) is 4.73. The highest BCUT2D eigenvalue weighted by molar-refractivity contribution is 7.99. The lowest BCUT2D eigenvalue weighted by Gasteiger charge is -2.24. The number of aromatic nitrogens is 2. The number of carboxylic acids is 1. The number of rotatable bonds is 6. The highest BCUT2D eigenvalue weighted by Crippen LogP contribution is 2.26. The van der Waals surface area contributed by atoms with Crippen LogP contribution in [0, 0.1) is 5.41 Å². The minimum absolute atomic E-state index is 0.0467. The Morgan fingerprint density at radius 3 is 2.86 bits per heavy atom. The molecule has 0 aromatic carbocycles. The summed E-state index contributed by atoms with van der Waals surface area (Å²) in [6, 6.07) is 1.79. The molecule has 2 aromatic heterocycles. The van der Waals surface area contributed by atoms with E-state index in [0.29, 0.717) is 21.9 Å². The largest absolute Gasteiger partial charge is 0.481 e. The van der Waals surface area contributed by atoms with Crippen LogP contribution in [0.2, 0.25) is 0 Å². The highest BCUT2D eigenvalue weighted by atomic mass is 32.2. The number of aliphatic carboxylic acids is 1. The Balaban J connectivity index is 2.52. The second-order valence-corrected chi connectivity index (χ2v) is 7.48. The Labute approximate surface area is 131 Å². The lowest BCUT2D eigenvalue weighted by atomic mass is 9.90. The molecule has 5 nitrogen and oxygen atoms in total. The van der Waals surface area contributed by atoms with Crippen LogP contribution in [-0.4, -0.2) is 26.4 Å². The van der Waals surface area contributed by atoms with E-state index in [9.17, 15) is 9.59 Å². The number of nitrogens with zero attached hydrogens (tertiary/aromatic N) is 2. The maximum atomic E-state index is 12.6. The van der Waals surface area contributed by atoms with Crippen molar-refractivity contribution < 1.29 is 9.90 Å². The number of hydrogen-bond donors (Lipinski definition) is 1. The molecule has 0 aliphatic heterocycles. The van der Waals surface area contributed by atoms with E-state index in [-0.39, 0.29) is 16.7 Å². The summed E-state index contributed by atoms with van der Waals surface area (Å²) in [5.74, 6) is -1.02. The Morgan fingerprint density at radius 1 is 1.52 bits per heavy atom. The molecule has 0 atom stereocenters. The van der Waals surface area contributed by atoms with Gasteiger partial charge in [0.15, 0.2) is 5.16 Å². The Bertz CT molecular complexity index is 719. The molecule has 0 aliphatic rings. The van der Waals surface area contributed by atoms with Crippen molar-refractivity contribution in [3.8, 4) is 0 Å². The molecule has 2 heterocycles. The minimum Gasteiger partial charge on any atom is -0.481 e. The van der Waals surface area contributed by atoms with Crippen LogP contribution in [0.3, 0.4) is 0 Å². The number of carbonyl (C=O) groups is 1. The van der Waals surface area contributed by atoms with Crippen LogP contribution < -0.4 is 5.56 Å². The summed E-state index contributed by atoms with van der Waals surface area (Å²) in [4.78, 5) is 27.9. The zero-order valence-electron chi connectivity index (χ0n) is 12.3. The fourth-order valence-electron chi connectivity index (χ4n) is 1.84. The van der Waals surface area contributed by atoms with Crippen molar-refractivity contribution in [3.05, 3.63) is 21.8 Å². The summed E-state index contributed by atoms with van der Waals surface area (Å²) >= 11 is 2.47. The first-order valence-corrected chi connectivity index (χ1v) is 8.53. The van der Waals surface area contributed by atoms with E-state index in [1.165, 1.54) is 11.3 Å². The second-order valence-electron chi connectivity index (χ2n) is 5.62. The van der Waals surface area contributed by atoms with E-state index >= 15 is 0 Å². The number of thiophene rings is 1. The molecular formula is C14H18N2O3S2. The first-order chi connectivity index (χ1) is 9.84. The third kappa shape index (κ3) is 3.65. The number of thioether (sulfide) groups is 1. The standard InChI is InChI=1S/C14H18N2O3S2/c1-4-14(2,3)8-16-12(19)11-9(5-6-20-11)15-13(16)21-7-10(17)18/h5-6H,4,7-8H2,1-3H3,(H,17,18). The number of fused-ring (bicyclic) bond motifs is 1. The van der Waals surface area contributed by atoms with Crippen LogP contribution in [0.25, 0.3) is 10.2 Å². The van der Waals surface area contributed by atoms with Gasteiger partial charge in [0.2, 0.25) is 0 Å². The monoisotopic (exact) mass is 326 g/mol. The van der Waals surface area contributed by atoms with E-state index in [4.69, 9.17) is 5.11 Å². The predicted molar refractivity (Wildman–Crippen MR) is 86.3 cm³/mol. The molecule has 2 rings (SSSR count). The maximum Gasteiger partial charge on any atom is 0.313 e. The van der Waals surface area contributed by atoms with Gasteiger partial charge < -0.3 is 5.11 Å². The van der Waals surface area contributed by atoms with Crippen molar-refractivity contribution in [2.24, 2.45) is 5.41 Å². The van der Waals surface area contributed by atoms with Gasteiger partial charge in [-0.05, 0) is 23.3 Å². The Morgan fingerprint density at radius 2 is 2.24 bits per heavy atom. The van der Waals surface area contributed by atoms with E-state index in [2.05, 4.69) is 25.8 Å². The maximum absolute atomic E-state index is 12.6. The fourth-order valence-corrected chi connectivity index (χ4v) is 3.34. The zero-order valence-corrected chi connectivity index (χ0v) is 13.9. The summed E-state index contributed by atoms with van der Waals surface area (Å²) < 4.78 is 2.25. The van der Waals surface area contributed by atoms with Crippen molar-refractivity contribution in [1.82, 2.24) is 9.55 Å². The lowest BCUT2D eigenvalue weighted by Crippen LogP contribution is -2.30. The summed E-state index contributed by atoms with van der Waals surface area (Å²) in [6.45, 7) is 6.78. The van der Waals surface area contributed by atoms with Gasteiger partial charge in [0.1, 0.15) is 4.70 Å². The Hall–Kier alpha value is -1.34. The van der Waals surface area contributed by atoms with Crippen molar-refractivity contribution in [2.45, 2.75) is 38.9 Å². The summed E-state index contributed by atoms with van der Waals surface area (Å²) in [7, 11) is 0. The summed E-state index contributed by atoms with van der Waals surface area (Å²) in [5.41, 5.74) is 0.516. The van der Waals surface area contributed by atoms with Crippen LogP contribution in [0.15, 0.2) is 21.4 Å². The predicted octanol–water partition coefficient (Wildman–Crippen LogP) is 3.07. The molecule has 0 saturated heterocycles. The van der Waals surface area contributed by atoms with Gasteiger partial charge in [0.25, 0.3) is 5.56 Å². The summed E-state index contributed by atoms with van der Waals surface area (Å²) in [5, 5.41) is 11.2.